The van der Waals surface area contributed by atoms with E-state index >= 15 is 0 Å². The summed E-state index contributed by atoms with van der Waals surface area (Å²) in [5.41, 5.74) is 1.41. The molecule has 0 heterocycles. The molecule has 14 heavy (non-hydrogen) atoms. The Morgan fingerprint density at radius 3 is 2.43 bits per heavy atom. The van der Waals surface area contributed by atoms with E-state index in [1.807, 2.05) is 0 Å². The van der Waals surface area contributed by atoms with E-state index in [0.29, 0.717) is 6.04 Å². The first-order valence-electron chi connectivity index (χ1n) is 5.12. The molecule has 78 valence electrons. The summed E-state index contributed by atoms with van der Waals surface area (Å²) < 4.78 is 0. The predicted molar refractivity (Wildman–Crippen MR) is 65.1 cm³/mol. The highest BCUT2D eigenvalue weighted by atomic mass is 32.2. The Bertz CT molecular complexity index is 256. The van der Waals surface area contributed by atoms with Gasteiger partial charge in [0.1, 0.15) is 0 Å². The Morgan fingerprint density at radius 1 is 1.29 bits per heavy atom. The Balaban J connectivity index is 2.50. The fourth-order valence-corrected chi connectivity index (χ4v) is 1.94. The molecule has 1 atom stereocenters. The summed E-state index contributed by atoms with van der Waals surface area (Å²) >= 11 is 1.79. The Kier molecular flexibility index (Phi) is 5.05. The first-order valence-corrected chi connectivity index (χ1v) is 6.35. The van der Waals surface area contributed by atoms with Crippen LogP contribution < -0.4 is 5.32 Å². The van der Waals surface area contributed by atoms with Gasteiger partial charge in [0.2, 0.25) is 0 Å². The van der Waals surface area contributed by atoms with E-state index in [-0.39, 0.29) is 0 Å². The maximum absolute atomic E-state index is 3.42. The van der Waals surface area contributed by atoms with Crippen molar-refractivity contribution in [3.63, 3.8) is 0 Å². The van der Waals surface area contributed by atoms with Crippen LogP contribution in [-0.4, -0.2) is 18.8 Å². The molecule has 0 aliphatic heterocycles. The molecule has 1 N–H and O–H groups in total. The third-order valence-electron chi connectivity index (χ3n) is 2.25. The molecule has 1 aromatic rings. The van der Waals surface area contributed by atoms with Crippen LogP contribution in [0.15, 0.2) is 29.2 Å². The van der Waals surface area contributed by atoms with Crippen molar-refractivity contribution in [2.75, 3.05) is 12.8 Å². The molecule has 0 radical (unpaired) electrons. The first kappa shape index (κ1) is 11.6. The van der Waals surface area contributed by atoms with Crippen LogP contribution in [0.3, 0.4) is 0 Å². The highest BCUT2D eigenvalue weighted by molar-refractivity contribution is 7.98. The second-order valence-corrected chi connectivity index (χ2v) is 4.39. The van der Waals surface area contributed by atoms with Crippen molar-refractivity contribution < 1.29 is 0 Å². The van der Waals surface area contributed by atoms with E-state index in [1.165, 1.54) is 10.5 Å². The number of nitrogens with one attached hydrogen (secondary N) is 1. The van der Waals surface area contributed by atoms with Crippen LogP contribution in [0.25, 0.3) is 0 Å². The smallest absolute Gasteiger partial charge is 0.00790 e. The lowest BCUT2D eigenvalue weighted by atomic mass is 10.1. The average molecular weight is 209 g/mol. The van der Waals surface area contributed by atoms with Gasteiger partial charge in [-0.05, 0) is 43.8 Å². The summed E-state index contributed by atoms with van der Waals surface area (Å²) in [7, 11) is 0. The van der Waals surface area contributed by atoms with E-state index in [1.54, 1.807) is 11.8 Å². The van der Waals surface area contributed by atoms with Crippen molar-refractivity contribution >= 4 is 11.8 Å². The largest absolute Gasteiger partial charge is 0.314 e. The molecular formula is C12H19NS. The summed E-state index contributed by atoms with van der Waals surface area (Å²) in [4.78, 5) is 1.34. The van der Waals surface area contributed by atoms with Crippen molar-refractivity contribution in [1.82, 2.24) is 5.32 Å². The highest BCUT2D eigenvalue weighted by Crippen LogP contribution is 2.15. The Morgan fingerprint density at radius 2 is 1.93 bits per heavy atom. The van der Waals surface area contributed by atoms with Crippen LogP contribution in [0.5, 0.6) is 0 Å². The zero-order valence-corrected chi connectivity index (χ0v) is 10.0. The molecule has 0 aliphatic rings. The number of thioether (sulfide) groups is 1. The molecule has 0 aromatic heterocycles. The summed E-state index contributed by atoms with van der Waals surface area (Å²) in [5, 5.41) is 3.42. The summed E-state index contributed by atoms with van der Waals surface area (Å²) in [6, 6.07) is 9.40. The molecule has 2 heteroatoms. The van der Waals surface area contributed by atoms with E-state index in [9.17, 15) is 0 Å². The molecule has 0 fully saturated rings. The van der Waals surface area contributed by atoms with Gasteiger partial charge >= 0.3 is 0 Å². The molecule has 0 saturated carbocycles. The highest BCUT2D eigenvalue weighted by Gasteiger charge is 2.01. The SMILES string of the molecule is CCN[C@@H](C)Cc1ccc(SC)cc1. The van der Waals surface area contributed by atoms with Crippen LogP contribution in [0.1, 0.15) is 19.4 Å². The van der Waals surface area contributed by atoms with Crippen molar-refractivity contribution in [3.05, 3.63) is 29.8 Å². The monoisotopic (exact) mass is 209 g/mol. The van der Waals surface area contributed by atoms with Crippen LogP contribution in [0, 0.1) is 0 Å². The second-order valence-electron chi connectivity index (χ2n) is 3.51. The predicted octanol–water partition coefficient (Wildman–Crippen LogP) is 2.95. The molecule has 0 spiro atoms. The lowest BCUT2D eigenvalue weighted by Gasteiger charge is -2.12. The van der Waals surface area contributed by atoms with Crippen molar-refractivity contribution in [2.45, 2.75) is 31.2 Å². The zero-order valence-electron chi connectivity index (χ0n) is 9.21. The van der Waals surface area contributed by atoms with Gasteiger partial charge in [0.05, 0.1) is 0 Å². The quantitative estimate of drug-likeness (QED) is 0.748. The minimum atomic E-state index is 0.570. The van der Waals surface area contributed by atoms with E-state index < -0.39 is 0 Å². The number of rotatable bonds is 5. The maximum atomic E-state index is 3.42. The molecular weight excluding hydrogens is 190 g/mol. The lowest BCUT2D eigenvalue weighted by Crippen LogP contribution is -2.27. The van der Waals surface area contributed by atoms with E-state index in [2.05, 4.69) is 49.7 Å². The third kappa shape index (κ3) is 3.72. The third-order valence-corrected chi connectivity index (χ3v) is 3.00. The molecule has 1 rings (SSSR count). The standard InChI is InChI=1S/C12H19NS/c1-4-13-10(2)9-11-5-7-12(14-3)8-6-11/h5-8,10,13H,4,9H2,1-3H3/t10-/m0/s1. The van der Waals surface area contributed by atoms with Gasteiger partial charge in [0.15, 0.2) is 0 Å². The summed E-state index contributed by atoms with van der Waals surface area (Å²) in [6.07, 6.45) is 3.22. The van der Waals surface area contributed by atoms with Crippen molar-refractivity contribution in [3.8, 4) is 0 Å². The molecule has 0 bridgehead atoms. The molecule has 0 saturated heterocycles. The fourth-order valence-electron chi connectivity index (χ4n) is 1.54. The van der Waals surface area contributed by atoms with Gasteiger partial charge in [-0.3, -0.25) is 0 Å². The summed E-state index contributed by atoms with van der Waals surface area (Å²) in [6.45, 7) is 5.42. The van der Waals surface area contributed by atoms with E-state index in [4.69, 9.17) is 0 Å². The molecule has 0 amide bonds. The van der Waals surface area contributed by atoms with Gasteiger partial charge in [-0.2, -0.15) is 0 Å². The van der Waals surface area contributed by atoms with E-state index in [0.717, 1.165) is 13.0 Å². The minimum absolute atomic E-state index is 0.570. The average Bonchev–Trinajstić information content (AvgIpc) is 2.19. The van der Waals surface area contributed by atoms with Gasteiger partial charge in [0.25, 0.3) is 0 Å². The van der Waals surface area contributed by atoms with Gasteiger partial charge in [0, 0.05) is 10.9 Å². The van der Waals surface area contributed by atoms with Gasteiger partial charge in [-0.1, -0.05) is 19.1 Å². The summed E-state index contributed by atoms with van der Waals surface area (Å²) in [5.74, 6) is 0. The molecule has 0 unspecified atom stereocenters. The number of hydrogen-bond acceptors (Lipinski definition) is 2. The molecule has 1 nitrogen and oxygen atoms in total. The van der Waals surface area contributed by atoms with Crippen LogP contribution >= 0.6 is 11.8 Å². The van der Waals surface area contributed by atoms with Crippen molar-refractivity contribution in [1.29, 1.82) is 0 Å². The molecule has 0 aliphatic carbocycles. The number of benzene rings is 1. The lowest BCUT2D eigenvalue weighted by molar-refractivity contribution is 0.565. The molecule has 1 aromatic carbocycles. The van der Waals surface area contributed by atoms with Gasteiger partial charge in [-0.15, -0.1) is 11.8 Å². The topological polar surface area (TPSA) is 12.0 Å². The second kappa shape index (κ2) is 6.10. The van der Waals surface area contributed by atoms with Gasteiger partial charge in [-0.25, -0.2) is 0 Å². The number of hydrogen-bond donors (Lipinski definition) is 1. The Hall–Kier alpha value is -0.470. The maximum Gasteiger partial charge on any atom is 0.00790 e. The van der Waals surface area contributed by atoms with Crippen LogP contribution in [-0.2, 0) is 6.42 Å². The zero-order chi connectivity index (χ0) is 10.4. The normalized spacial score (nSPS) is 12.8. The van der Waals surface area contributed by atoms with Crippen LogP contribution in [0.2, 0.25) is 0 Å². The first-order chi connectivity index (χ1) is 6.76. The Labute approximate surface area is 91.3 Å². The fraction of sp³-hybridized carbons (Fsp3) is 0.500. The number of likely N-dealkylation sites (N-methyl/N-ethyl adjacent to an activating group) is 1. The van der Waals surface area contributed by atoms with Crippen LogP contribution in [0.4, 0.5) is 0 Å². The van der Waals surface area contributed by atoms with Crippen molar-refractivity contribution in [2.24, 2.45) is 0 Å². The van der Waals surface area contributed by atoms with Gasteiger partial charge < -0.3 is 5.32 Å². The minimum Gasteiger partial charge on any atom is -0.314 e.